The molecule has 0 bridgehead atoms. The summed E-state index contributed by atoms with van der Waals surface area (Å²) in [5.74, 6) is 0. The highest BCUT2D eigenvalue weighted by Crippen LogP contribution is 2.20. The van der Waals surface area contributed by atoms with Crippen LogP contribution in [-0.4, -0.2) is 30.4 Å². The van der Waals surface area contributed by atoms with Gasteiger partial charge >= 0.3 is 0 Å². The zero-order valence-electron chi connectivity index (χ0n) is 9.98. The fraction of sp³-hybridized carbons (Fsp3) is 0.154. The average molecular weight is 262 g/mol. The van der Waals surface area contributed by atoms with Crippen LogP contribution in [0.4, 0.5) is 0 Å². The molecule has 2 aromatic rings. The fourth-order valence-electron chi connectivity index (χ4n) is 1.61. The van der Waals surface area contributed by atoms with E-state index in [1.165, 1.54) is 11.6 Å². The molecule has 18 heavy (non-hydrogen) atoms. The zero-order valence-corrected chi connectivity index (χ0v) is 10.8. The van der Waals surface area contributed by atoms with Crippen LogP contribution in [0.1, 0.15) is 5.56 Å². The van der Waals surface area contributed by atoms with Crippen molar-refractivity contribution in [2.45, 2.75) is 6.42 Å². The van der Waals surface area contributed by atoms with Crippen molar-refractivity contribution in [3.05, 3.63) is 48.4 Å². The first kappa shape index (κ1) is 12.7. The molecule has 2 rings (SSSR count). The summed E-state index contributed by atoms with van der Waals surface area (Å²) in [4.78, 5) is 8.33. The third-order valence-corrected chi connectivity index (χ3v) is 3.24. The lowest BCUT2D eigenvalue weighted by molar-refractivity contribution is 0.566. The van der Waals surface area contributed by atoms with Gasteiger partial charge in [-0.15, -0.1) is 0 Å². The molecule has 2 heterocycles. The Kier molecular flexibility index (Phi) is 3.74. The lowest BCUT2D eigenvalue weighted by Crippen LogP contribution is -2.02. The zero-order chi connectivity index (χ0) is 13.0. The van der Waals surface area contributed by atoms with Crippen LogP contribution in [0.5, 0.6) is 0 Å². The Morgan fingerprint density at radius 2 is 2.17 bits per heavy atom. The van der Waals surface area contributed by atoms with Crippen molar-refractivity contribution in [1.29, 1.82) is 0 Å². The van der Waals surface area contributed by atoms with Crippen LogP contribution in [0, 0.1) is 0 Å². The van der Waals surface area contributed by atoms with Crippen LogP contribution >= 0.6 is 0 Å². The normalized spacial score (nSPS) is 13.9. The molecular weight excluding hydrogens is 248 g/mol. The summed E-state index contributed by atoms with van der Waals surface area (Å²) in [6.45, 7) is 0. The molecule has 0 spiro atoms. The summed E-state index contributed by atoms with van der Waals surface area (Å²) >= 11 is 0. The van der Waals surface area contributed by atoms with Crippen molar-refractivity contribution >= 4 is 15.2 Å². The van der Waals surface area contributed by atoms with E-state index in [2.05, 4.69) is 9.97 Å². The molecule has 0 fully saturated rings. The van der Waals surface area contributed by atoms with E-state index in [1.54, 1.807) is 18.6 Å². The summed E-state index contributed by atoms with van der Waals surface area (Å²) in [6.07, 6.45) is 6.80. The molecule has 4 nitrogen and oxygen atoms in total. The number of hydrogen-bond acceptors (Lipinski definition) is 3. The van der Waals surface area contributed by atoms with Crippen molar-refractivity contribution in [2.24, 2.45) is 0 Å². The molecule has 5 heteroatoms. The summed E-state index contributed by atoms with van der Waals surface area (Å²) < 4.78 is 20.5. The van der Waals surface area contributed by atoms with E-state index >= 15 is 0 Å². The fourth-order valence-corrected chi connectivity index (χ4v) is 2.09. The van der Waals surface area contributed by atoms with Crippen molar-refractivity contribution < 1.29 is 8.76 Å². The minimum Gasteiger partial charge on any atom is -0.314 e. The first-order chi connectivity index (χ1) is 8.56. The Morgan fingerprint density at radius 3 is 2.83 bits per heavy atom. The van der Waals surface area contributed by atoms with E-state index < -0.39 is 9.80 Å². The second-order valence-corrected chi connectivity index (χ2v) is 6.04. The van der Waals surface area contributed by atoms with Crippen LogP contribution < -0.4 is 0 Å². The van der Waals surface area contributed by atoms with Gasteiger partial charge < -0.3 is 4.55 Å². The molecule has 0 radical (unpaired) electrons. The van der Waals surface area contributed by atoms with Gasteiger partial charge in [-0.2, -0.15) is 0 Å². The van der Waals surface area contributed by atoms with E-state index in [1.807, 2.05) is 24.3 Å². The third-order valence-electron chi connectivity index (χ3n) is 2.46. The van der Waals surface area contributed by atoms with E-state index in [0.29, 0.717) is 6.42 Å². The Bertz CT molecular complexity index is 639. The van der Waals surface area contributed by atoms with Gasteiger partial charge in [-0.3, -0.25) is 9.97 Å². The molecule has 0 aromatic carbocycles. The van der Waals surface area contributed by atoms with Crippen LogP contribution in [0.3, 0.4) is 0 Å². The SMILES string of the molecule is CS(=O)(O)=CCc1cnccc1-c1ccccn1. The van der Waals surface area contributed by atoms with E-state index in [0.717, 1.165) is 16.8 Å². The maximum atomic E-state index is 11.3. The number of hydrogen-bond donors (Lipinski definition) is 1. The van der Waals surface area contributed by atoms with Crippen LogP contribution in [-0.2, 0) is 16.2 Å². The molecule has 0 amide bonds. The number of aromatic nitrogens is 2. The predicted molar refractivity (Wildman–Crippen MR) is 73.9 cm³/mol. The lowest BCUT2D eigenvalue weighted by Gasteiger charge is -2.06. The lowest BCUT2D eigenvalue weighted by atomic mass is 10.1. The predicted octanol–water partition coefficient (Wildman–Crippen LogP) is 1.88. The molecule has 0 saturated heterocycles. The maximum Gasteiger partial charge on any atom is 0.0750 e. The van der Waals surface area contributed by atoms with Crippen molar-refractivity contribution in [1.82, 2.24) is 9.97 Å². The quantitative estimate of drug-likeness (QED) is 0.858. The van der Waals surface area contributed by atoms with Gasteiger partial charge in [0.25, 0.3) is 0 Å². The molecule has 94 valence electrons. The molecule has 2 aromatic heterocycles. The Balaban J connectivity index is 2.41. The van der Waals surface area contributed by atoms with E-state index in [-0.39, 0.29) is 0 Å². The van der Waals surface area contributed by atoms with E-state index in [9.17, 15) is 8.76 Å². The Hall–Kier alpha value is -1.72. The summed E-state index contributed by atoms with van der Waals surface area (Å²) in [6, 6.07) is 7.52. The smallest absolute Gasteiger partial charge is 0.0750 e. The van der Waals surface area contributed by atoms with Gasteiger partial charge in [-0.1, -0.05) is 6.07 Å². The molecule has 0 aliphatic rings. The summed E-state index contributed by atoms with van der Waals surface area (Å²) in [5.41, 5.74) is 2.66. The monoisotopic (exact) mass is 262 g/mol. The first-order valence-corrected chi connectivity index (χ1v) is 7.44. The van der Waals surface area contributed by atoms with E-state index in [4.69, 9.17) is 0 Å². The molecule has 1 unspecified atom stereocenters. The summed E-state index contributed by atoms with van der Waals surface area (Å²) in [7, 11) is -2.84. The van der Waals surface area contributed by atoms with Crippen LogP contribution in [0.2, 0.25) is 0 Å². The van der Waals surface area contributed by atoms with Gasteiger partial charge in [0.15, 0.2) is 0 Å². The second-order valence-electron chi connectivity index (χ2n) is 3.98. The van der Waals surface area contributed by atoms with Crippen LogP contribution in [0.25, 0.3) is 11.3 Å². The van der Waals surface area contributed by atoms with Crippen molar-refractivity contribution in [3.8, 4) is 11.3 Å². The molecule has 0 aliphatic carbocycles. The van der Waals surface area contributed by atoms with Crippen LogP contribution in [0.15, 0.2) is 42.9 Å². The molecule has 0 saturated carbocycles. The van der Waals surface area contributed by atoms with Gasteiger partial charge in [0, 0.05) is 36.8 Å². The number of rotatable bonds is 3. The highest BCUT2D eigenvalue weighted by molar-refractivity contribution is 7.95. The number of nitrogens with zero attached hydrogens (tertiary/aromatic N) is 2. The summed E-state index contributed by atoms with van der Waals surface area (Å²) in [5, 5.41) is 1.40. The third kappa shape index (κ3) is 3.38. The minimum atomic E-state index is -2.84. The Labute approximate surface area is 107 Å². The largest absolute Gasteiger partial charge is 0.314 e. The molecule has 1 N–H and O–H groups in total. The van der Waals surface area contributed by atoms with Gasteiger partial charge in [-0.05, 0) is 29.1 Å². The first-order valence-electron chi connectivity index (χ1n) is 5.45. The average Bonchev–Trinajstić information content (AvgIpc) is 2.37. The molecular formula is C13H14N2O2S. The highest BCUT2D eigenvalue weighted by Gasteiger charge is 2.05. The molecule has 0 aliphatic heterocycles. The van der Waals surface area contributed by atoms with Gasteiger partial charge in [-0.25, -0.2) is 4.21 Å². The van der Waals surface area contributed by atoms with Gasteiger partial charge in [0.1, 0.15) is 0 Å². The molecule has 1 atom stereocenters. The van der Waals surface area contributed by atoms with Crippen molar-refractivity contribution in [2.75, 3.05) is 6.26 Å². The van der Waals surface area contributed by atoms with Crippen molar-refractivity contribution in [3.63, 3.8) is 0 Å². The standard InChI is InChI=1S/C13H14N2O2S/c1-18(16,17)9-6-11-10-14-8-5-12(11)13-4-2-3-7-15-13/h2-5,7-10H,6H2,1H3,(H,16,17). The van der Waals surface area contributed by atoms with Gasteiger partial charge in [0.05, 0.1) is 15.5 Å². The number of pyridine rings is 2. The topological polar surface area (TPSA) is 63.1 Å². The Morgan fingerprint density at radius 1 is 1.33 bits per heavy atom. The minimum absolute atomic E-state index is 0.394. The van der Waals surface area contributed by atoms with Gasteiger partial charge in [0.2, 0.25) is 0 Å². The maximum absolute atomic E-state index is 11.3. The second kappa shape index (κ2) is 5.29. The highest BCUT2D eigenvalue weighted by atomic mass is 32.2.